The van der Waals surface area contributed by atoms with Crippen LogP contribution in [0.3, 0.4) is 0 Å². The van der Waals surface area contributed by atoms with Gasteiger partial charge in [-0.25, -0.2) is 4.79 Å². The molecular formula is C22H19F3O4S. The van der Waals surface area contributed by atoms with Crippen molar-refractivity contribution < 1.29 is 32.5 Å². The van der Waals surface area contributed by atoms with E-state index in [-0.39, 0.29) is 0 Å². The number of hydrogen-bond donors (Lipinski definition) is 1. The fourth-order valence-electron chi connectivity index (χ4n) is 2.77. The number of rotatable bonds is 8. The minimum Gasteiger partial charge on any atom is -0.493 e. The predicted octanol–water partition coefficient (Wildman–Crippen LogP) is 5.83. The zero-order valence-corrected chi connectivity index (χ0v) is 16.8. The summed E-state index contributed by atoms with van der Waals surface area (Å²) in [6.07, 6.45) is -3.68. The second-order valence-corrected chi connectivity index (χ2v) is 7.72. The Hall–Kier alpha value is -3.00. The van der Waals surface area contributed by atoms with E-state index in [2.05, 4.69) is 0 Å². The van der Waals surface area contributed by atoms with Crippen LogP contribution in [0.5, 0.6) is 11.5 Å². The van der Waals surface area contributed by atoms with Crippen LogP contribution in [-0.2, 0) is 17.4 Å². The van der Waals surface area contributed by atoms with Gasteiger partial charge in [0, 0.05) is 16.2 Å². The third kappa shape index (κ3) is 5.76. The molecule has 158 valence electrons. The first-order chi connectivity index (χ1) is 14.2. The summed E-state index contributed by atoms with van der Waals surface area (Å²) in [7, 11) is 0. The van der Waals surface area contributed by atoms with Crippen LogP contribution in [0.15, 0.2) is 54.6 Å². The number of benzene rings is 2. The molecule has 0 aliphatic rings. The van der Waals surface area contributed by atoms with Gasteiger partial charge in [0.05, 0.1) is 12.2 Å². The highest BCUT2D eigenvalue weighted by atomic mass is 32.1. The Morgan fingerprint density at radius 2 is 1.77 bits per heavy atom. The average molecular weight is 436 g/mol. The summed E-state index contributed by atoms with van der Waals surface area (Å²) in [6, 6.07) is 14.1. The lowest BCUT2D eigenvalue weighted by Gasteiger charge is -2.10. The van der Waals surface area contributed by atoms with Crippen molar-refractivity contribution in [1.29, 1.82) is 0 Å². The van der Waals surface area contributed by atoms with E-state index in [0.29, 0.717) is 24.5 Å². The van der Waals surface area contributed by atoms with Crippen LogP contribution in [-0.4, -0.2) is 24.3 Å². The number of thiophene rings is 1. The smallest absolute Gasteiger partial charge is 0.416 e. The van der Waals surface area contributed by atoms with Gasteiger partial charge in [-0.3, -0.25) is 0 Å². The molecule has 0 saturated heterocycles. The van der Waals surface area contributed by atoms with E-state index in [1.165, 1.54) is 23.5 Å². The summed E-state index contributed by atoms with van der Waals surface area (Å²) < 4.78 is 49.0. The van der Waals surface area contributed by atoms with Gasteiger partial charge in [-0.2, -0.15) is 13.2 Å². The van der Waals surface area contributed by atoms with Crippen molar-refractivity contribution >= 4 is 17.3 Å². The van der Waals surface area contributed by atoms with Crippen molar-refractivity contribution in [3.8, 4) is 21.9 Å². The molecule has 3 rings (SSSR count). The Labute approximate surface area is 175 Å². The molecule has 0 bridgehead atoms. The van der Waals surface area contributed by atoms with Crippen LogP contribution in [0.4, 0.5) is 13.2 Å². The highest BCUT2D eigenvalue weighted by molar-refractivity contribution is 7.15. The van der Waals surface area contributed by atoms with Crippen molar-refractivity contribution in [3.63, 3.8) is 0 Å². The molecule has 0 fully saturated rings. The maximum atomic E-state index is 12.7. The summed E-state index contributed by atoms with van der Waals surface area (Å²) >= 11 is 1.51. The molecule has 0 saturated carbocycles. The first-order valence-corrected chi connectivity index (χ1v) is 9.88. The Morgan fingerprint density at radius 1 is 1.03 bits per heavy atom. The maximum Gasteiger partial charge on any atom is 0.416 e. The van der Waals surface area contributed by atoms with Crippen molar-refractivity contribution in [2.45, 2.75) is 19.5 Å². The summed E-state index contributed by atoms with van der Waals surface area (Å²) in [4.78, 5) is 12.5. The zero-order valence-electron chi connectivity index (χ0n) is 16.0. The van der Waals surface area contributed by atoms with Crippen LogP contribution >= 0.6 is 11.3 Å². The molecule has 0 radical (unpaired) electrons. The molecule has 30 heavy (non-hydrogen) atoms. The Kier molecular flexibility index (Phi) is 6.66. The molecule has 1 N–H and O–H groups in total. The SMILES string of the molecule is Cc1cc(OCCc2ccc(-c3ccc(C(F)(F)F)cc3)s2)ccc1OCC(=O)O. The average Bonchev–Trinajstić information content (AvgIpc) is 3.15. The van der Waals surface area contributed by atoms with Crippen LogP contribution in [0.2, 0.25) is 0 Å². The number of carboxylic acids is 1. The molecule has 0 aliphatic carbocycles. The topological polar surface area (TPSA) is 55.8 Å². The molecule has 0 spiro atoms. The Balaban J connectivity index is 1.54. The molecule has 1 heterocycles. The Morgan fingerprint density at radius 3 is 2.40 bits per heavy atom. The molecule has 0 atom stereocenters. The fraction of sp³-hybridized carbons (Fsp3) is 0.227. The molecule has 4 nitrogen and oxygen atoms in total. The minimum absolute atomic E-state index is 0.402. The summed E-state index contributed by atoms with van der Waals surface area (Å²) in [5.74, 6) is 0.0974. The van der Waals surface area contributed by atoms with Crippen molar-refractivity contribution in [2.75, 3.05) is 13.2 Å². The van der Waals surface area contributed by atoms with E-state index in [9.17, 15) is 18.0 Å². The van der Waals surface area contributed by atoms with Crippen LogP contribution in [0.1, 0.15) is 16.0 Å². The van der Waals surface area contributed by atoms with Crippen LogP contribution in [0, 0.1) is 6.92 Å². The number of carbonyl (C=O) groups is 1. The lowest BCUT2D eigenvalue weighted by molar-refractivity contribution is -0.139. The summed E-state index contributed by atoms with van der Waals surface area (Å²) in [5, 5.41) is 8.67. The summed E-state index contributed by atoms with van der Waals surface area (Å²) in [5.41, 5.74) is 0.855. The standard InChI is InChI=1S/C22H19F3O4S/c1-14-12-17(6-8-19(14)29-13-21(26)27)28-11-10-18-7-9-20(30-18)15-2-4-16(5-3-15)22(23,24)25/h2-9,12H,10-11,13H2,1H3,(H,26,27). The number of alkyl halides is 3. The predicted molar refractivity (Wildman–Crippen MR) is 108 cm³/mol. The van der Waals surface area contributed by atoms with Gasteiger partial charge >= 0.3 is 12.1 Å². The van der Waals surface area contributed by atoms with Gasteiger partial charge < -0.3 is 14.6 Å². The molecule has 8 heteroatoms. The molecule has 0 amide bonds. The fourth-order valence-corrected chi connectivity index (χ4v) is 3.77. The molecule has 2 aromatic carbocycles. The van der Waals surface area contributed by atoms with Gasteiger partial charge in [0.15, 0.2) is 6.61 Å². The number of ether oxygens (including phenoxy) is 2. The lowest BCUT2D eigenvalue weighted by atomic mass is 10.1. The van der Waals surface area contributed by atoms with E-state index < -0.39 is 24.3 Å². The highest BCUT2D eigenvalue weighted by Gasteiger charge is 2.30. The lowest BCUT2D eigenvalue weighted by Crippen LogP contribution is -2.10. The first-order valence-electron chi connectivity index (χ1n) is 9.07. The van der Waals surface area contributed by atoms with Crippen molar-refractivity contribution in [1.82, 2.24) is 0 Å². The van der Waals surface area contributed by atoms with Gasteiger partial charge in [0.1, 0.15) is 11.5 Å². The minimum atomic E-state index is -4.34. The van der Waals surface area contributed by atoms with Crippen molar-refractivity contribution in [2.24, 2.45) is 0 Å². The normalized spacial score (nSPS) is 11.3. The molecule has 0 aliphatic heterocycles. The monoisotopic (exact) mass is 436 g/mol. The van der Waals surface area contributed by atoms with Crippen LogP contribution in [0.25, 0.3) is 10.4 Å². The molecule has 1 aromatic heterocycles. The van der Waals surface area contributed by atoms with Gasteiger partial charge in [0.2, 0.25) is 0 Å². The molecule has 3 aromatic rings. The third-order valence-corrected chi connectivity index (χ3v) is 5.47. The third-order valence-electron chi connectivity index (χ3n) is 4.27. The van der Waals surface area contributed by atoms with E-state index in [0.717, 1.165) is 33.0 Å². The van der Waals surface area contributed by atoms with Gasteiger partial charge in [-0.1, -0.05) is 12.1 Å². The van der Waals surface area contributed by atoms with E-state index in [1.807, 2.05) is 12.1 Å². The van der Waals surface area contributed by atoms with Crippen molar-refractivity contribution in [3.05, 3.63) is 70.6 Å². The zero-order chi connectivity index (χ0) is 21.7. The van der Waals surface area contributed by atoms with Gasteiger partial charge in [-0.15, -0.1) is 11.3 Å². The summed E-state index contributed by atoms with van der Waals surface area (Å²) in [6.45, 7) is 1.84. The number of aryl methyl sites for hydroxylation is 1. The Bertz CT molecular complexity index is 1010. The second-order valence-electron chi connectivity index (χ2n) is 6.55. The van der Waals surface area contributed by atoms with E-state index in [4.69, 9.17) is 14.6 Å². The van der Waals surface area contributed by atoms with E-state index >= 15 is 0 Å². The van der Waals surface area contributed by atoms with Crippen LogP contribution < -0.4 is 9.47 Å². The number of aliphatic carboxylic acids is 1. The van der Waals surface area contributed by atoms with Gasteiger partial charge in [0.25, 0.3) is 0 Å². The number of carboxylic acid groups (broad SMARTS) is 1. The van der Waals surface area contributed by atoms with Gasteiger partial charge in [-0.05, 0) is 60.5 Å². The first kappa shape index (κ1) is 21.7. The molecular weight excluding hydrogens is 417 g/mol. The maximum absolute atomic E-state index is 12.7. The largest absolute Gasteiger partial charge is 0.493 e. The number of hydrogen-bond acceptors (Lipinski definition) is 4. The highest BCUT2D eigenvalue weighted by Crippen LogP contribution is 2.33. The molecule has 0 unspecified atom stereocenters. The number of halogens is 3. The van der Waals surface area contributed by atoms with E-state index in [1.54, 1.807) is 25.1 Å². The quantitative estimate of drug-likeness (QED) is 0.483. The second kappa shape index (κ2) is 9.21.